The zero-order valence-electron chi connectivity index (χ0n) is 32.6. The summed E-state index contributed by atoms with van der Waals surface area (Å²) in [5.74, 6) is -0.878. The molecule has 282 valence electrons. The quantitative estimate of drug-likeness (QED) is 0.108. The summed E-state index contributed by atoms with van der Waals surface area (Å²) in [6.07, 6.45) is 6.69. The van der Waals surface area contributed by atoms with Gasteiger partial charge in [0.05, 0.1) is 5.56 Å². The van der Waals surface area contributed by atoms with Crippen molar-refractivity contribution in [3.05, 3.63) is 179 Å². The van der Waals surface area contributed by atoms with Crippen molar-refractivity contribution in [3.63, 3.8) is 0 Å². The Balaban J connectivity index is 0.000000226. The smallest absolute Gasteiger partial charge is 0.335 e. The van der Waals surface area contributed by atoms with Crippen LogP contribution in [0.1, 0.15) is 85.2 Å². The molecule has 5 aromatic carbocycles. The molecule has 6 heteroatoms. The van der Waals surface area contributed by atoms with Crippen molar-refractivity contribution in [3.8, 4) is 0 Å². The molecule has 7 rings (SSSR count). The Morgan fingerprint density at radius 3 is 1.58 bits per heavy atom. The van der Waals surface area contributed by atoms with Gasteiger partial charge in [0.2, 0.25) is 0 Å². The molecule has 0 aromatic heterocycles. The minimum atomic E-state index is -0.919. The number of benzene rings is 5. The fraction of sp³-hybridized carbons (Fsp3) is 0.265. The minimum absolute atomic E-state index is 0.0410. The normalized spacial score (nSPS) is 16.2. The number of hydrogen-bond donors (Lipinski definition) is 1. The average Bonchev–Trinajstić information content (AvgIpc) is 3.46. The Bertz CT molecular complexity index is 1980. The number of carboxylic acids is 1. The fourth-order valence-corrected chi connectivity index (χ4v) is 10.2. The maximum absolute atomic E-state index is 12.9. The fourth-order valence-electron chi connectivity index (χ4n) is 7.93. The number of aromatic carboxylic acids is 1. The average molecular weight is 749 g/mol. The Morgan fingerprint density at radius 1 is 0.655 bits per heavy atom. The van der Waals surface area contributed by atoms with E-state index in [1.807, 2.05) is 55.1 Å². The monoisotopic (exact) mass is 748 g/mol. The highest BCUT2D eigenvalue weighted by atomic mass is 31.1. The molecule has 0 radical (unpaired) electrons. The molecule has 0 aliphatic carbocycles. The molecule has 1 N–H and O–H groups in total. The van der Waals surface area contributed by atoms with Crippen molar-refractivity contribution in [2.24, 2.45) is 0 Å². The lowest BCUT2D eigenvalue weighted by Gasteiger charge is -2.37. The molecule has 2 atom stereocenters. The second-order valence-electron chi connectivity index (χ2n) is 14.5. The van der Waals surface area contributed by atoms with E-state index in [9.17, 15) is 14.7 Å². The number of hydrogen-bond acceptors (Lipinski definition) is 3. The molecule has 5 nitrogen and oxygen atoms in total. The maximum Gasteiger partial charge on any atom is 0.335 e. The van der Waals surface area contributed by atoms with E-state index >= 15 is 0 Å². The van der Waals surface area contributed by atoms with Crippen LogP contribution in [0.4, 0.5) is 0 Å². The van der Waals surface area contributed by atoms with Gasteiger partial charge in [-0.15, -0.1) is 0 Å². The van der Waals surface area contributed by atoms with E-state index < -0.39 is 13.9 Å². The van der Waals surface area contributed by atoms with Crippen LogP contribution in [0.5, 0.6) is 0 Å². The van der Waals surface area contributed by atoms with Crippen molar-refractivity contribution in [1.82, 2.24) is 9.80 Å². The van der Waals surface area contributed by atoms with Gasteiger partial charge in [0.25, 0.3) is 5.91 Å². The van der Waals surface area contributed by atoms with E-state index in [1.165, 1.54) is 39.9 Å². The van der Waals surface area contributed by atoms with Gasteiger partial charge >= 0.3 is 5.97 Å². The first-order valence-electron chi connectivity index (χ1n) is 19.6. The SMILES string of the molecule is CCN(CC)C(=O)c1ccc(C(=C2CC3CCC(C2)N3CC=C(C)C)c2cccc(C(=O)O)c2)cc1.c1ccc(P(c2ccccc2)c2ccccc2)cc1. The van der Waals surface area contributed by atoms with Gasteiger partial charge in [0.1, 0.15) is 0 Å². The van der Waals surface area contributed by atoms with Gasteiger partial charge in [0.15, 0.2) is 0 Å². The number of carboxylic acid groups (broad SMARTS) is 1. The van der Waals surface area contributed by atoms with Crippen LogP contribution in [-0.2, 0) is 0 Å². The second kappa shape index (κ2) is 19.0. The summed E-state index contributed by atoms with van der Waals surface area (Å²) < 4.78 is 0. The summed E-state index contributed by atoms with van der Waals surface area (Å²) in [5, 5.41) is 13.8. The molecular formula is C49H53N2O3P. The summed E-state index contributed by atoms with van der Waals surface area (Å²) in [6.45, 7) is 10.6. The van der Waals surface area contributed by atoms with E-state index in [2.05, 4.69) is 116 Å². The number of nitrogens with zero attached hydrogens (tertiary/aromatic N) is 2. The molecule has 2 saturated heterocycles. The van der Waals surface area contributed by atoms with Crippen LogP contribution < -0.4 is 15.9 Å². The Morgan fingerprint density at radius 2 is 1.13 bits per heavy atom. The lowest BCUT2D eigenvalue weighted by molar-refractivity contribution is 0.0695. The number of piperidine rings is 1. The van der Waals surface area contributed by atoms with E-state index in [0.29, 0.717) is 36.3 Å². The lowest BCUT2D eigenvalue weighted by atomic mass is 9.85. The third-order valence-corrected chi connectivity index (χ3v) is 13.2. The third kappa shape index (κ3) is 9.78. The van der Waals surface area contributed by atoms with Gasteiger partial charge in [-0.25, -0.2) is 4.79 Å². The number of amides is 1. The van der Waals surface area contributed by atoms with Crippen LogP contribution >= 0.6 is 7.92 Å². The molecule has 0 spiro atoms. The largest absolute Gasteiger partial charge is 0.478 e. The van der Waals surface area contributed by atoms with E-state index in [1.54, 1.807) is 12.1 Å². The maximum atomic E-state index is 12.9. The Kier molecular flexibility index (Phi) is 13.7. The zero-order chi connectivity index (χ0) is 38.7. The molecule has 2 aliphatic rings. The minimum Gasteiger partial charge on any atom is -0.478 e. The third-order valence-electron chi connectivity index (χ3n) is 10.7. The number of carbonyl (C=O) groups is 2. The van der Waals surface area contributed by atoms with Crippen molar-refractivity contribution >= 4 is 41.3 Å². The standard InChI is InChI=1S/C31H38N2O3.C18H15P/c1-5-32(6-2)30(34)23-12-10-22(11-13-23)29(24-8-7-9-25(18-24)31(35)36)26-19-27-14-15-28(20-26)33(27)17-16-21(3)4;1-4-10-16(11-5-1)19(17-12-6-2-7-13-17)18-14-8-3-9-15-18/h7-13,16,18,27-28H,5-6,14-15,17,19-20H2,1-4H3,(H,35,36);1-15H. The molecule has 2 unspecified atom stereocenters. The molecule has 5 aromatic rings. The first-order chi connectivity index (χ1) is 26.8. The molecular weight excluding hydrogens is 696 g/mol. The summed E-state index contributed by atoms with van der Waals surface area (Å²) in [5.41, 5.74) is 6.82. The van der Waals surface area contributed by atoms with Crippen LogP contribution in [0.25, 0.3) is 5.57 Å². The van der Waals surface area contributed by atoms with Crippen molar-refractivity contribution in [2.45, 2.75) is 65.5 Å². The Labute approximate surface area is 328 Å². The molecule has 1 amide bonds. The van der Waals surface area contributed by atoms with Crippen molar-refractivity contribution in [1.29, 1.82) is 0 Å². The van der Waals surface area contributed by atoms with Crippen LogP contribution in [-0.4, -0.2) is 58.5 Å². The number of allylic oxidation sites excluding steroid dienone is 1. The molecule has 2 fully saturated rings. The van der Waals surface area contributed by atoms with E-state index in [-0.39, 0.29) is 5.91 Å². The molecule has 55 heavy (non-hydrogen) atoms. The van der Waals surface area contributed by atoms with Gasteiger partial charge in [0, 0.05) is 37.3 Å². The summed E-state index contributed by atoms with van der Waals surface area (Å²) in [6, 6.07) is 48.5. The predicted octanol–water partition coefficient (Wildman–Crippen LogP) is 9.71. The van der Waals surface area contributed by atoms with Gasteiger partial charge in [-0.2, -0.15) is 0 Å². The molecule has 2 aliphatic heterocycles. The van der Waals surface area contributed by atoms with Crippen molar-refractivity contribution in [2.75, 3.05) is 19.6 Å². The van der Waals surface area contributed by atoms with Gasteiger partial charge in [-0.05, 0) is 118 Å². The van der Waals surface area contributed by atoms with Gasteiger partial charge in [-0.1, -0.05) is 132 Å². The Hall–Kier alpha value is -5.09. The number of carbonyl (C=O) groups excluding carboxylic acids is 1. The van der Waals surface area contributed by atoms with Crippen LogP contribution in [0, 0.1) is 0 Å². The zero-order valence-corrected chi connectivity index (χ0v) is 33.5. The number of fused-ring (bicyclic) bond motifs is 2. The first-order valence-corrected chi connectivity index (χ1v) is 20.9. The highest BCUT2D eigenvalue weighted by Crippen LogP contribution is 2.43. The van der Waals surface area contributed by atoms with Gasteiger partial charge < -0.3 is 10.0 Å². The van der Waals surface area contributed by atoms with Crippen LogP contribution in [0.3, 0.4) is 0 Å². The highest BCUT2D eigenvalue weighted by Gasteiger charge is 2.39. The van der Waals surface area contributed by atoms with E-state index in [4.69, 9.17) is 0 Å². The molecule has 2 heterocycles. The summed E-state index contributed by atoms with van der Waals surface area (Å²) in [4.78, 5) is 29.1. The second-order valence-corrected chi connectivity index (χ2v) is 16.8. The summed E-state index contributed by atoms with van der Waals surface area (Å²) in [7, 11) is -0.446. The summed E-state index contributed by atoms with van der Waals surface area (Å²) >= 11 is 0. The molecule has 0 saturated carbocycles. The first kappa shape index (κ1) is 39.6. The van der Waals surface area contributed by atoms with Crippen LogP contribution in [0.2, 0.25) is 0 Å². The van der Waals surface area contributed by atoms with Gasteiger partial charge in [-0.3, -0.25) is 9.69 Å². The highest BCUT2D eigenvalue weighted by molar-refractivity contribution is 7.79. The number of rotatable bonds is 11. The van der Waals surface area contributed by atoms with Crippen molar-refractivity contribution < 1.29 is 14.7 Å². The lowest BCUT2D eigenvalue weighted by Crippen LogP contribution is -2.40. The van der Waals surface area contributed by atoms with Crippen LogP contribution in [0.15, 0.2) is 157 Å². The molecule has 2 bridgehead atoms. The topological polar surface area (TPSA) is 60.9 Å². The predicted molar refractivity (Wildman–Crippen MR) is 230 cm³/mol. The van der Waals surface area contributed by atoms with E-state index in [0.717, 1.165) is 36.1 Å².